The van der Waals surface area contributed by atoms with Gasteiger partial charge in [0.15, 0.2) is 0 Å². The van der Waals surface area contributed by atoms with E-state index < -0.39 is 6.09 Å². The minimum atomic E-state index is -0.641. The molecule has 0 atom stereocenters. The molecule has 14 heavy (non-hydrogen) atoms. The predicted octanol–water partition coefficient (Wildman–Crippen LogP) is 1.72. The molecule has 1 amide bonds. The van der Waals surface area contributed by atoms with Crippen LogP contribution in [0.5, 0.6) is 0 Å². The molecule has 0 radical (unpaired) electrons. The van der Waals surface area contributed by atoms with Crippen LogP contribution in [-0.4, -0.2) is 6.09 Å². The fourth-order valence-corrected chi connectivity index (χ4v) is 1.46. The highest BCUT2D eigenvalue weighted by atomic mass is 33.1. The molecule has 0 saturated carbocycles. The molecule has 6 heteroatoms. The van der Waals surface area contributed by atoms with E-state index >= 15 is 0 Å². The molecule has 0 saturated heterocycles. The Labute approximate surface area is 91.0 Å². The lowest BCUT2D eigenvalue weighted by atomic mass is 10.2. The van der Waals surface area contributed by atoms with Crippen molar-refractivity contribution < 1.29 is 9.53 Å². The topological polar surface area (TPSA) is 64.3 Å². The molecule has 0 aliphatic rings. The largest absolute Gasteiger partial charge is 0.444 e. The Balaban J connectivity index is 2.47. The Morgan fingerprint density at radius 1 is 1.50 bits per heavy atom. The highest BCUT2D eigenvalue weighted by Crippen LogP contribution is 2.21. The normalized spacial score (nSPS) is 9.57. The van der Waals surface area contributed by atoms with E-state index in [9.17, 15) is 4.79 Å². The van der Waals surface area contributed by atoms with Crippen LogP contribution in [0.15, 0.2) is 29.2 Å². The van der Waals surface area contributed by atoms with Crippen molar-refractivity contribution >= 4 is 28.5 Å². The standard InChI is InChI=1S/C8H10N2O2S2/c9-10-8(11)12-5-6-1-3-7(14-13)4-2-6/h1-4,13H,5,9H2,(H,10,11). The second-order valence-electron chi connectivity index (χ2n) is 2.46. The molecule has 3 N–H and O–H groups in total. The van der Waals surface area contributed by atoms with Gasteiger partial charge in [0.2, 0.25) is 0 Å². The number of carbonyl (C=O) groups is 1. The molecule has 1 aromatic rings. The smallest absolute Gasteiger partial charge is 0.421 e. The van der Waals surface area contributed by atoms with Crippen LogP contribution in [0.3, 0.4) is 0 Å². The van der Waals surface area contributed by atoms with Gasteiger partial charge in [-0.1, -0.05) is 22.9 Å². The first-order valence-corrected chi connectivity index (χ1v) is 5.67. The van der Waals surface area contributed by atoms with Crippen molar-refractivity contribution in [2.45, 2.75) is 11.5 Å². The Kier molecular flexibility index (Phi) is 4.64. The zero-order valence-electron chi connectivity index (χ0n) is 7.27. The molecule has 1 aromatic carbocycles. The minimum absolute atomic E-state index is 0.209. The van der Waals surface area contributed by atoms with Gasteiger partial charge < -0.3 is 4.74 Å². The number of nitrogens with two attached hydrogens (primary N) is 1. The summed E-state index contributed by atoms with van der Waals surface area (Å²) >= 11 is 4.05. The SMILES string of the molecule is NNC(=O)OCc1ccc(SS)cc1. The average Bonchev–Trinajstić information content (AvgIpc) is 2.26. The van der Waals surface area contributed by atoms with E-state index in [1.807, 2.05) is 29.7 Å². The van der Waals surface area contributed by atoms with Crippen LogP contribution >= 0.6 is 22.5 Å². The van der Waals surface area contributed by atoms with Crippen molar-refractivity contribution in [2.75, 3.05) is 0 Å². The third-order valence-corrected chi connectivity index (χ3v) is 2.63. The average molecular weight is 230 g/mol. The maximum atomic E-state index is 10.6. The zero-order valence-corrected chi connectivity index (χ0v) is 8.98. The molecule has 0 bridgehead atoms. The number of carbonyl (C=O) groups excluding carboxylic acids is 1. The van der Waals surface area contributed by atoms with Crippen molar-refractivity contribution in [3.8, 4) is 0 Å². The predicted molar refractivity (Wildman–Crippen MR) is 58.8 cm³/mol. The zero-order chi connectivity index (χ0) is 10.4. The minimum Gasteiger partial charge on any atom is -0.444 e. The monoisotopic (exact) mass is 230 g/mol. The van der Waals surface area contributed by atoms with Gasteiger partial charge in [0, 0.05) is 4.90 Å². The van der Waals surface area contributed by atoms with E-state index in [1.54, 1.807) is 0 Å². The summed E-state index contributed by atoms with van der Waals surface area (Å²) in [6.07, 6.45) is -0.641. The lowest BCUT2D eigenvalue weighted by Crippen LogP contribution is -2.30. The van der Waals surface area contributed by atoms with E-state index in [4.69, 9.17) is 10.6 Å². The summed E-state index contributed by atoms with van der Waals surface area (Å²) in [6, 6.07) is 7.53. The number of benzene rings is 1. The van der Waals surface area contributed by atoms with Crippen molar-refractivity contribution in [3.05, 3.63) is 29.8 Å². The van der Waals surface area contributed by atoms with E-state index in [0.717, 1.165) is 10.5 Å². The third-order valence-electron chi connectivity index (χ3n) is 1.52. The number of amides is 1. The second-order valence-corrected chi connectivity index (χ2v) is 3.66. The number of hydrazine groups is 1. The molecule has 1 rings (SSSR count). The highest BCUT2D eigenvalue weighted by Gasteiger charge is 1.99. The molecule has 0 aliphatic heterocycles. The van der Waals surface area contributed by atoms with Crippen LogP contribution < -0.4 is 11.3 Å². The number of hydrogen-bond acceptors (Lipinski definition) is 5. The lowest BCUT2D eigenvalue weighted by Gasteiger charge is -2.03. The van der Waals surface area contributed by atoms with E-state index in [-0.39, 0.29) is 6.61 Å². The molecule has 4 nitrogen and oxygen atoms in total. The Morgan fingerprint density at radius 3 is 2.64 bits per heavy atom. The molecule has 0 aliphatic carbocycles. The van der Waals surface area contributed by atoms with Gasteiger partial charge in [-0.15, -0.1) is 11.7 Å². The van der Waals surface area contributed by atoms with E-state index in [1.165, 1.54) is 10.8 Å². The van der Waals surface area contributed by atoms with Crippen molar-refractivity contribution in [1.29, 1.82) is 0 Å². The maximum Gasteiger partial charge on any atom is 0.421 e. The molecule has 0 fully saturated rings. The molecular weight excluding hydrogens is 220 g/mol. The summed E-state index contributed by atoms with van der Waals surface area (Å²) in [4.78, 5) is 11.7. The first-order chi connectivity index (χ1) is 6.76. The van der Waals surface area contributed by atoms with Crippen LogP contribution in [0, 0.1) is 0 Å². The van der Waals surface area contributed by atoms with Crippen LogP contribution in [-0.2, 0) is 11.3 Å². The fourth-order valence-electron chi connectivity index (χ4n) is 0.837. The Morgan fingerprint density at radius 2 is 2.14 bits per heavy atom. The molecule has 0 heterocycles. The van der Waals surface area contributed by atoms with Crippen LogP contribution in [0.1, 0.15) is 5.56 Å². The summed E-state index contributed by atoms with van der Waals surface area (Å²) < 4.78 is 4.75. The molecule has 76 valence electrons. The van der Waals surface area contributed by atoms with Crippen molar-refractivity contribution in [2.24, 2.45) is 5.84 Å². The molecule has 0 unspecified atom stereocenters. The van der Waals surface area contributed by atoms with Gasteiger partial charge >= 0.3 is 6.09 Å². The summed E-state index contributed by atoms with van der Waals surface area (Å²) in [5.74, 6) is 4.84. The van der Waals surface area contributed by atoms with Crippen molar-refractivity contribution in [1.82, 2.24) is 5.43 Å². The second kappa shape index (κ2) is 5.79. The van der Waals surface area contributed by atoms with Gasteiger partial charge in [-0.2, -0.15) is 0 Å². The molecular formula is C8H10N2O2S2. The Hall–Kier alpha value is -0.850. The number of thiol groups is 1. The fraction of sp³-hybridized carbons (Fsp3) is 0.125. The first-order valence-electron chi connectivity index (χ1n) is 3.80. The molecule has 0 spiro atoms. The van der Waals surface area contributed by atoms with Crippen LogP contribution in [0.4, 0.5) is 4.79 Å². The van der Waals surface area contributed by atoms with E-state index in [0.29, 0.717) is 0 Å². The van der Waals surface area contributed by atoms with Crippen LogP contribution in [0.25, 0.3) is 0 Å². The third kappa shape index (κ3) is 3.49. The van der Waals surface area contributed by atoms with Crippen molar-refractivity contribution in [3.63, 3.8) is 0 Å². The summed E-state index contributed by atoms with van der Waals surface area (Å²) in [5.41, 5.74) is 2.78. The van der Waals surface area contributed by atoms with Crippen LogP contribution in [0.2, 0.25) is 0 Å². The maximum absolute atomic E-state index is 10.6. The number of ether oxygens (including phenoxy) is 1. The van der Waals surface area contributed by atoms with Gasteiger partial charge in [0.1, 0.15) is 6.61 Å². The summed E-state index contributed by atoms with van der Waals surface area (Å²) in [7, 11) is 1.36. The summed E-state index contributed by atoms with van der Waals surface area (Å²) in [6.45, 7) is 0.209. The van der Waals surface area contributed by atoms with Gasteiger partial charge in [-0.25, -0.2) is 10.6 Å². The number of rotatable bonds is 3. The number of hydrogen-bond donors (Lipinski definition) is 3. The highest BCUT2D eigenvalue weighted by molar-refractivity contribution is 8.68. The number of nitrogens with one attached hydrogen (secondary N) is 1. The van der Waals surface area contributed by atoms with Gasteiger partial charge in [0.05, 0.1) is 0 Å². The summed E-state index contributed by atoms with van der Waals surface area (Å²) in [5, 5.41) is 0. The Bertz CT molecular complexity index is 303. The quantitative estimate of drug-likeness (QED) is 0.243. The lowest BCUT2D eigenvalue weighted by molar-refractivity contribution is 0.140. The van der Waals surface area contributed by atoms with Gasteiger partial charge in [-0.3, -0.25) is 5.43 Å². The van der Waals surface area contributed by atoms with Gasteiger partial charge in [0.25, 0.3) is 0 Å². The van der Waals surface area contributed by atoms with Gasteiger partial charge in [-0.05, 0) is 17.7 Å². The van der Waals surface area contributed by atoms with E-state index in [2.05, 4.69) is 11.7 Å². The first kappa shape index (κ1) is 11.2. The molecule has 0 aromatic heterocycles.